The van der Waals surface area contributed by atoms with E-state index in [0.29, 0.717) is 6.61 Å². The van der Waals surface area contributed by atoms with Gasteiger partial charge in [0.15, 0.2) is 6.26 Å². The van der Waals surface area contributed by atoms with Crippen molar-refractivity contribution >= 4 is 0 Å². The van der Waals surface area contributed by atoms with Gasteiger partial charge in [-0.3, -0.25) is 0 Å². The lowest BCUT2D eigenvalue weighted by Gasteiger charge is -1.87. The molecular formula is C6H7O2. The molecule has 0 atom stereocenters. The molecule has 0 saturated heterocycles. The standard InChI is InChI=1S/C6H7O2/c1-7-4-6-2-3-8-5-6/h2-3H,4H2,1H3. The van der Waals surface area contributed by atoms with Crippen molar-refractivity contribution < 1.29 is 9.15 Å². The highest BCUT2D eigenvalue weighted by Gasteiger charge is 1.89. The van der Waals surface area contributed by atoms with E-state index >= 15 is 0 Å². The maximum absolute atomic E-state index is 4.79. The van der Waals surface area contributed by atoms with Crippen molar-refractivity contribution in [3.05, 3.63) is 24.2 Å². The fourth-order valence-electron chi connectivity index (χ4n) is 0.493. The molecule has 8 heavy (non-hydrogen) atoms. The molecule has 0 fully saturated rings. The first-order valence-corrected chi connectivity index (χ1v) is 2.36. The third-order valence-corrected chi connectivity index (χ3v) is 0.827. The fourth-order valence-corrected chi connectivity index (χ4v) is 0.493. The van der Waals surface area contributed by atoms with Gasteiger partial charge in [-0.2, -0.15) is 0 Å². The van der Waals surface area contributed by atoms with E-state index in [1.165, 1.54) is 0 Å². The van der Waals surface area contributed by atoms with Gasteiger partial charge in [0.25, 0.3) is 0 Å². The smallest absolute Gasteiger partial charge is 0.174 e. The summed E-state index contributed by atoms with van der Waals surface area (Å²) in [6, 6.07) is 1.82. The minimum atomic E-state index is 0.580. The summed E-state index contributed by atoms with van der Waals surface area (Å²) in [5.41, 5.74) is 0.951. The van der Waals surface area contributed by atoms with Crippen molar-refractivity contribution in [3.8, 4) is 0 Å². The van der Waals surface area contributed by atoms with Crippen LogP contribution in [0.3, 0.4) is 0 Å². The van der Waals surface area contributed by atoms with Crippen molar-refractivity contribution in [1.29, 1.82) is 0 Å². The first-order valence-electron chi connectivity index (χ1n) is 2.36. The average Bonchev–Trinajstić information content (AvgIpc) is 2.19. The molecule has 0 aliphatic heterocycles. The molecule has 0 bridgehead atoms. The lowest BCUT2D eigenvalue weighted by molar-refractivity contribution is 0.184. The van der Waals surface area contributed by atoms with Crippen LogP contribution >= 0.6 is 0 Å². The Morgan fingerprint density at radius 3 is 3.25 bits per heavy atom. The van der Waals surface area contributed by atoms with E-state index in [1.54, 1.807) is 13.4 Å². The summed E-state index contributed by atoms with van der Waals surface area (Å²) in [5.74, 6) is 0. The molecule has 1 heterocycles. The quantitative estimate of drug-likeness (QED) is 0.572. The molecule has 0 N–H and O–H groups in total. The van der Waals surface area contributed by atoms with Crippen molar-refractivity contribution in [2.75, 3.05) is 7.11 Å². The molecular weight excluding hydrogens is 104 g/mol. The van der Waals surface area contributed by atoms with Gasteiger partial charge in [-0.25, -0.2) is 0 Å². The minimum absolute atomic E-state index is 0.580. The Morgan fingerprint density at radius 2 is 2.75 bits per heavy atom. The average molecular weight is 111 g/mol. The molecule has 1 aromatic rings. The molecule has 43 valence electrons. The molecule has 0 aliphatic carbocycles. The van der Waals surface area contributed by atoms with Gasteiger partial charge in [0.05, 0.1) is 12.9 Å². The minimum Gasteiger partial charge on any atom is -0.461 e. The normalized spacial score (nSPS) is 9.62. The highest BCUT2D eigenvalue weighted by atomic mass is 16.5. The van der Waals surface area contributed by atoms with E-state index < -0.39 is 0 Å². The molecule has 2 nitrogen and oxygen atoms in total. The zero-order valence-electron chi connectivity index (χ0n) is 4.68. The van der Waals surface area contributed by atoms with Crippen LogP contribution in [0.1, 0.15) is 5.56 Å². The summed E-state index contributed by atoms with van der Waals surface area (Å²) in [5, 5.41) is 0. The van der Waals surface area contributed by atoms with Crippen LogP contribution in [0.25, 0.3) is 0 Å². The Bertz CT molecular complexity index is 132. The second-order valence-corrected chi connectivity index (χ2v) is 1.48. The highest BCUT2D eigenvalue weighted by molar-refractivity contribution is 5.01. The van der Waals surface area contributed by atoms with Crippen molar-refractivity contribution in [2.24, 2.45) is 0 Å². The van der Waals surface area contributed by atoms with Crippen LogP contribution in [0.2, 0.25) is 0 Å². The summed E-state index contributed by atoms with van der Waals surface area (Å²) in [6.45, 7) is 0.580. The third kappa shape index (κ3) is 1.10. The number of hydrogen-bond donors (Lipinski definition) is 0. The van der Waals surface area contributed by atoms with Crippen molar-refractivity contribution in [3.63, 3.8) is 0 Å². The van der Waals surface area contributed by atoms with Crippen LogP contribution < -0.4 is 0 Å². The number of furan rings is 1. The molecule has 0 spiro atoms. The predicted molar refractivity (Wildman–Crippen MR) is 28.3 cm³/mol. The largest absolute Gasteiger partial charge is 0.461 e. The summed E-state index contributed by atoms with van der Waals surface area (Å²) >= 11 is 0. The molecule has 0 aromatic carbocycles. The molecule has 2 heteroatoms. The van der Waals surface area contributed by atoms with Crippen LogP contribution in [0.15, 0.2) is 16.7 Å². The molecule has 0 saturated carbocycles. The van der Waals surface area contributed by atoms with E-state index in [-0.39, 0.29) is 0 Å². The van der Waals surface area contributed by atoms with E-state index in [2.05, 4.69) is 10.7 Å². The number of ether oxygens (including phenoxy) is 1. The number of hydrogen-bond acceptors (Lipinski definition) is 2. The van der Waals surface area contributed by atoms with Crippen LogP contribution in [-0.2, 0) is 11.3 Å². The predicted octanol–water partition coefficient (Wildman–Crippen LogP) is 1.23. The van der Waals surface area contributed by atoms with E-state index in [0.717, 1.165) is 5.56 Å². The van der Waals surface area contributed by atoms with Crippen molar-refractivity contribution in [1.82, 2.24) is 0 Å². The molecule has 1 radical (unpaired) electrons. The highest BCUT2D eigenvalue weighted by Crippen LogP contribution is 1.98. The van der Waals surface area contributed by atoms with Gasteiger partial charge in [0.1, 0.15) is 0 Å². The molecule has 0 amide bonds. The lowest BCUT2D eigenvalue weighted by atomic mass is 10.4. The van der Waals surface area contributed by atoms with Gasteiger partial charge < -0.3 is 9.15 Å². The van der Waals surface area contributed by atoms with Crippen LogP contribution in [-0.4, -0.2) is 7.11 Å². The second kappa shape index (κ2) is 2.52. The Hall–Kier alpha value is -0.760. The molecule has 0 unspecified atom stereocenters. The Morgan fingerprint density at radius 1 is 1.88 bits per heavy atom. The summed E-state index contributed by atoms with van der Waals surface area (Å²) in [6.07, 6.45) is 4.22. The number of methoxy groups -OCH3 is 1. The second-order valence-electron chi connectivity index (χ2n) is 1.48. The molecule has 1 aromatic heterocycles. The Kier molecular flexibility index (Phi) is 1.70. The fraction of sp³-hybridized carbons (Fsp3) is 0.333. The first-order chi connectivity index (χ1) is 3.93. The zero-order chi connectivity index (χ0) is 5.82. The SMILES string of the molecule is COCc1[c]occ1. The van der Waals surface area contributed by atoms with E-state index in [1.807, 2.05) is 6.07 Å². The van der Waals surface area contributed by atoms with Gasteiger partial charge in [0.2, 0.25) is 0 Å². The zero-order valence-corrected chi connectivity index (χ0v) is 4.68. The Balaban J connectivity index is 2.50. The molecule has 1 rings (SSSR count). The van der Waals surface area contributed by atoms with Crippen LogP contribution in [0.4, 0.5) is 0 Å². The summed E-state index contributed by atoms with van der Waals surface area (Å²) in [4.78, 5) is 0. The summed E-state index contributed by atoms with van der Waals surface area (Å²) < 4.78 is 9.46. The maximum atomic E-state index is 4.79. The van der Waals surface area contributed by atoms with Gasteiger partial charge in [-0.15, -0.1) is 0 Å². The van der Waals surface area contributed by atoms with Crippen molar-refractivity contribution in [2.45, 2.75) is 6.61 Å². The first kappa shape index (κ1) is 5.38. The van der Waals surface area contributed by atoms with E-state index in [9.17, 15) is 0 Å². The van der Waals surface area contributed by atoms with Gasteiger partial charge >= 0.3 is 0 Å². The lowest BCUT2D eigenvalue weighted by Crippen LogP contribution is -1.81. The summed E-state index contributed by atoms with van der Waals surface area (Å²) in [7, 11) is 1.64. The maximum Gasteiger partial charge on any atom is 0.174 e. The van der Waals surface area contributed by atoms with Crippen LogP contribution in [0, 0.1) is 6.26 Å². The topological polar surface area (TPSA) is 22.4 Å². The van der Waals surface area contributed by atoms with Crippen LogP contribution in [0.5, 0.6) is 0 Å². The number of rotatable bonds is 2. The van der Waals surface area contributed by atoms with Gasteiger partial charge in [-0.05, 0) is 6.07 Å². The third-order valence-electron chi connectivity index (χ3n) is 0.827. The Labute approximate surface area is 48.1 Å². The van der Waals surface area contributed by atoms with Gasteiger partial charge in [-0.1, -0.05) is 0 Å². The van der Waals surface area contributed by atoms with Gasteiger partial charge in [0, 0.05) is 12.7 Å². The monoisotopic (exact) mass is 111 g/mol. The van der Waals surface area contributed by atoms with E-state index in [4.69, 9.17) is 4.74 Å². The molecule has 0 aliphatic rings.